The molecule has 0 saturated carbocycles. The van der Waals surface area contributed by atoms with Gasteiger partial charge in [0.05, 0.1) is 30.3 Å². The zero-order chi connectivity index (χ0) is 15.5. The zero-order valence-corrected chi connectivity index (χ0v) is 12.7. The van der Waals surface area contributed by atoms with Crippen LogP contribution in [0, 0.1) is 6.92 Å². The second-order valence-corrected chi connectivity index (χ2v) is 5.33. The minimum atomic E-state index is -0.287. The Labute approximate surface area is 129 Å². The highest BCUT2D eigenvalue weighted by Gasteiger charge is 2.21. The summed E-state index contributed by atoms with van der Waals surface area (Å²) in [6.07, 6.45) is 0. The van der Waals surface area contributed by atoms with E-state index in [9.17, 15) is 4.79 Å². The van der Waals surface area contributed by atoms with Gasteiger partial charge in [-0.3, -0.25) is 10.2 Å². The van der Waals surface area contributed by atoms with Gasteiger partial charge in [-0.25, -0.2) is 5.43 Å². The van der Waals surface area contributed by atoms with E-state index in [0.29, 0.717) is 11.4 Å². The topological polar surface area (TPSA) is 78.3 Å². The average Bonchev–Trinajstić information content (AvgIpc) is 2.86. The predicted molar refractivity (Wildman–Crippen MR) is 86.5 cm³/mol. The van der Waals surface area contributed by atoms with Crippen LogP contribution >= 0.6 is 0 Å². The van der Waals surface area contributed by atoms with Gasteiger partial charge >= 0.3 is 0 Å². The van der Waals surface area contributed by atoms with E-state index in [1.807, 2.05) is 12.1 Å². The SMILES string of the molecule is CC1=NNC(=O)/C1=N/Nc1ccc(C)cc1N1CCOCC1. The molecule has 2 N–H and O–H groups in total. The van der Waals surface area contributed by atoms with E-state index >= 15 is 0 Å². The first-order valence-corrected chi connectivity index (χ1v) is 7.27. The molecule has 2 aliphatic rings. The van der Waals surface area contributed by atoms with E-state index in [1.54, 1.807) is 6.92 Å². The molecule has 0 spiro atoms. The monoisotopic (exact) mass is 301 g/mol. The first kappa shape index (κ1) is 14.5. The number of hydrogen-bond donors (Lipinski definition) is 2. The number of aryl methyl sites for hydroxylation is 1. The van der Waals surface area contributed by atoms with Crippen molar-refractivity contribution in [3.05, 3.63) is 23.8 Å². The zero-order valence-electron chi connectivity index (χ0n) is 12.7. The lowest BCUT2D eigenvalue weighted by Crippen LogP contribution is -2.36. The van der Waals surface area contributed by atoms with Crippen molar-refractivity contribution in [2.24, 2.45) is 10.2 Å². The smallest absolute Gasteiger partial charge is 0.293 e. The van der Waals surface area contributed by atoms with Gasteiger partial charge in [0.15, 0.2) is 5.71 Å². The maximum Gasteiger partial charge on any atom is 0.293 e. The van der Waals surface area contributed by atoms with Crippen LogP contribution in [0.3, 0.4) is 0 Å². The summed E-state index contributed by atoms with van der Waals surface area (Å²) in [6.45, 7) is 6.93. The number of anilines is 2. The minimum absolute atomic E-state index is 0.287. The standard InChI is InChI=1S/C15H19N5O2/c1-10-3-4-12(13(9-10)20-5-7-22-8-6-20)17-18-14-11(2)16-19-15(14)21/h3-4,9,17H,5-8H2,1-2H3,(H,18,19,21). The molecule has 0 unspecified atom stereocenters. The highest BCUT2D eigenvalue weighted by atomic mass is 16.5. The van der Waals surface area contributed by atoms with Gasteiger partial charge in [-0.1, -0.05) is 6.07 Å². The van der Waals surface area contributed by atoms with E-state index in [1.165, 1.54) is 5.56 Å². The molecule has 1 fully saturated rings. The summed E-state index contributed by atoms with van der Waals surface area (Å²) in [6, 6.07) is 6.11. The number of hydrogen-bond acceptors (Lipinski definition) is 6. The summed E-state index contributed by atoms with van der Waals surface area (Å²) in [7, 11) is 0. The number of morpholine rings is 1. The lowest BCUT2D eigenvalue weighted by Gasteiger charge is -2.30. The van der Waals surface area contributed by atoms with Crippen LogP contribution in [0.1, 0.15) is 12.5 Å². The first-order valence-electron chi connectivity index (χ1n) is 7.27. The second kappa shape index (κ2) is 6.15. The Hall–Kier alpha value is -2.41. The molecule has 0 radical (unpaired) electrons. The molecule has 0 atom stereocenters. The normalized spacial score (nSPS) is 20.1. The van der Waals surface area contributed by atoms with Gasteiger partial charge < -0.3 is 9.64 Å². The number of ether oxygens (including phenoxy) is 1. The van der Waals surface area contributed by atoms with Crippen LogP contribution in [0.4, 0.5) is 11.4 Å². The number of benzene rings is 1. The molecule has 0 aromatic heterocycles. The molecule has 3 rings (SSSR count). The fourth-order valence-corrected chi connectivity index (χ4v) is 2.45. The van der Waals surface area contributed by atoms with Crippen molar-refractivity contribution < 1.29 is 9.53 Å². The fraction of sp³-hybridized carbons (Fsp3) is 0.400. The lowest BCUT2D eigenvalue weighted by molar-refractivity contribution is -0.114. The number of amides is 1. The summed E-state index contributed by atoms with van der Waals surface area (Å²) in [4.78, 5) is 13.9. The molecule has 2 aliphatic heterocycles. The second-order valence-electron chi connectivity index (χ2n) is 5.33. The fourth-order valence-electron chi connectivity index (χ4n) is 2.45. The van der Waals surface area contributed by atoms with E-state index in [4.69, 9.17) is 4.74 Å². The van der Waals surface area contributed by atoms with Crippen LogP contribution in [-0.2, 0) is 9.53 Å². The molecule has 22 heavy (non-hydrogen) atoms. The molecule has 1 aromatic carbocycles. The quantitative estimate of drug-likeness (QED) is 0.820. The van der Waals surface area contributed by atoms with Crippen molar-refractivity contribution in [3.8, 4) is 0 Å². The Balaban J connectivity index is 1.85. The molecular weight excluding hydrogens is 282 g/mol. The lowest BCUT2D eigenvalue weighted by atomic mass is 10.1. The van der Waals surface area contributed by atoms with Crippen molar-refractivity contribution in [2.45, 2.75) is 13.8 Å². The number of nitrogens with zero attached hydrogens (tertiary/aromatic N) is 3. The van der Waals surface area contributed by atoms with Gasteiger partial charge in [0, 0.05) is 13.1 Å². The van der Waals surface area contributed by atoms with E-state index < -0.39 is 0 Å². The average molecular weight is 301 g/mol. The first-order chi connectivity index (χ1) is 10.6. The van der Waals surface area contributed by atoms with Crippen molar-refractivity contribution >= 4 is 28.7 Å². The highest BCUT2D eigenvalue weighted by Crippen LogP contribution is 2.28. The molecule has 1 aromatic rings. The van der Waals surface area contributed by atoms with Crippen LogP contribution in [-0.4, -0.2) is 43.6 Å². The van der Waals surface area contributed by atoms with Crippen LogP contribution in [0.5, 0.6) is 0 Å². The molecule has 1 saturated heterocycles. The predicted octanol–water partition coefficient (Wildman–Crippen LogP) is 1.11. The Morgan fingerprint density at radius 3 is 2.77 bits per heavy atom. The number of carbonyl (C=O) groups is 1. The van der Waals surface area contributed by atoms with Crippen molar-refractivity contribution in [1.82, 2.24) is 5.43 Å². The number of rotatable bonds is 3. The summed E-state index contributed by atoms with van der Waals surface area (Å²) < 4.78 is 5.40. The third-order valence-electron chi connectivity index (χ3n) is 3.68. The van der Waals surface area contributed by atoms with Crippen LogP contribution in [0.2, 0.25) is 0 Å². The maximum atomic E-state index is 11.6. The molecule has 0 bridgehead atoms. The molecule has 116 valence electrons. The summed E-state index contributed by atoms with van der Waals surface area (Å²) in [5.74, 6) is -0.287. The Kier molecular flexibility index (Phi) is 4.06. The van der Waals surface area contributed by atoms with E-state index in [0.717, 1.165) is 37.7 Å². The van der Waals surface area contributed by atoms with Gasteiger partial charge in [-0.2, -0.15) is 10.2 Å². The summed E-state index contributed by atoms with van der Waals surface area (Å²) >= 11 is 0. The third kappa shape index (κ3) is 2.94. The van der Waals surface area contributed by atoms with Crippen molar-refractivity contribution in [1.29, 1.82) is 0 Å². The molecule has 7 heteroatoms. The molecule has 2 heterocycles. The van der Waals surface area contributed by atoms with Gasteiger partial charge in [-0.15, -0.1) is 0 Å². The van der Waals surface area contributed by atoms with Gasteiger partial charge in [-0.05, 0) is 31.5 Å². The summed E-state index contributed by atoms with van der Waals surface area (Å²) in [5.41, 5.74) is 9.41. The van der Waals surface area contributed by atoms with Crippen LogP contribution < -0.4 is 15.8 Å². The molecule has 0 aliphatic carbocycles. The highest BCUT2D eigenvalue weighted by molar-refractivity contribution is 6.68. The van der Waals surface area contributed by atoms with E-state index in [2.05, 4.69) is 38.9 Å². The third-order valence-corrected chi connectivity index (χ3v) is 3.68. The minimum Gasteiger partial charge on any atom is -0.378 e. The molecule has 7 nitrogen and oxygen atoms in total. The van der Waals surface area contributed by atoms with Gasteiger partial charge in [0.2, 0.25) is 0 Å². The number of hydrazone groups is 2. The van der Waals surface area contributed by atoms with Crippen molar-refractivity contribution in [3.63, 3.8) is 0 Å². The van der Waals surface area contributed by atoms with E-state index in [-0.39, 0.29) is 5.91 Å². The maximum absolute atomic E-state index is 11.6. The van der Waals surface area contributed by atoms with Crippen molar-refractivity contribution in [2.75, 3.05) is 36.6 Å². The van der Waals surface area contributed by atoms with Crippen LogP contribution in [0.25, 0.3) is 0 Å². The van der Waals surface area contributed by atoms with Crippen LogP contribution in [0.15, 0.2) is 28.4 Å². The Morgan fingerprint density at radius 1 is 1.32 bits per heavy atom. The Bertz CT molecular complexity index is 647. The molecule has 1 amide bonds. The Morgan fingerprint density at radius 2 is 2.09 bits per heavy atom. The number of carbonyl (C=O) groups excluding carboxylic acids is 1. The number of nitrogens with one attached hydrogen (secondary N) is 2. The largest absolute Gasteiger partial charge is 0.378 e. The molecular formula is C15H19N5O2. The van der Waals surface area contributed by atoms with Gasteiger partial charge in [0.25, 0.3) is 5.91 Å². The van der Waals surface area contributed by atoms with Gasteiger partial charge in [0.1, 0.15) is 0 Å². The summed E-state index contributed by atoms with van der Waals surface area (Å²) in [5, 5.41) is 8.06.